The van der Waals surface area contributed by atoms with Crippen LogP contribution >= 0.6 is 34.8 Å². The van der Waals surface area contributed by atoms with E-state index in [2.05, 4.69) is 9.80 Å². The van der Waals surface area contributed by atoms with Gasteiger partial charge in [0.05, 0.1) is 6.17 Å². The molecule has 4 rings (SSSR count). The van der Waals surface area contributed by atoms with Crippen LogP contribution < -0.4 is 0 Å². The van der Waals surface area contributed by atoms with Crippen molar-refractivity contribution in [3.05, 3.63) is 104 Å². The molecule has 0 radical (unpaired) electrons. The standard InChI is InChI=1S/C23H20Cl3FN2/c24-18-8-4-16(5-9-18)14-28-12-13-29(15-17-6-10-19(27)11-7-17)23(28)22-20(25)2-1-3-21(22)26/h1-11,23H,12-15H2. The monoisotopic (exact) mass is 448 g/mol. The van der Waals surface area contributed by atoms with Crippen LogP contribution in [0, 0.1) is 5.82 Å². The van der Waals surface area contributed by atoms with E-state index in [0.29, 0.717) is 16.6 Å². The molecule has 3 aromatic rings. The number of hydrogen-bond donors (Lipinski definition) is 0. The second kappa shape index (κ2) is 9.03. The molecule has 0 spiro atoms. The minimum Gasteiger partial charge on any atom is -0.278 e. The zero-order valence-electron chi connectivity index (χ0n) is 15.7. The SMILES string of the molecule is Fc1ccc(CN2CCN(Cc3ccc(Cl)cc3)C2c2c(Cl)cccc2Cl)cc1. The topological polar surface area (TPSA) is 6.48 Å². The van der Waals surface area contributed by atoms with Crippen molar-refractivity contribution in [3.8, 4) is 0 Å². The molecule has 1 unspecified atom stereocenters. The molecule has 1 heterocycles. The van der Waals surface area contributed by atoms with E-state index in [9.17, 15) is 4.39 Å². The Hall–Kier alpha value is -1.62. The lowest BCUT2D eigenvalue weighted by Crippen LogP contribution is -2.31. The van der Waals surface area contributed by atoms with Gasteiger partial charge in [0.25, 0.3) is 0 Å². The van der Waals surface area contributed by atoms with E-state index < -0.39 is 0 Å². The molecule has 3 aromatic carbocycles. The highest BCUT2D eigenvalue weighted by molar-refractivity contribution is 6.36. The van der Waals surface area contributed by atoms with Crippen molar-refractivity contribution >= 4 is 34.8 Å². The van der Waals surface area contributed by atoms with Crippen LogP contribution in [0.4, 0.5) is 4.39 Å². The van der Waals surface area contributed by atoms with Crippen molar-refractivity contribution in [2.75, 3.05) is 13.1 Å². The summed E-state index contributed by atoms with van der Waals surface area (Å²) in [5.74, 6) is -0.231. The van der Waals surface area contributed by atoms with E-state index in [1.807, 2.05) is 54.6 Å². The maximum absolute atomic E-state index is 13.3. The first-order chi connectivity index (χ1) is 14.0. The van der Waals surface area contributed by atoms with Crippen LogP contribution in [-0.4, -0.2) is 22.9 Å². The fourth-order valence-corrected chi connectivity index (χ4v) is 4.55. The van der Waals surface area contributed by atoms with Crippen molar-refractivity contribution in [2.45, 2.75) is 19.3 Å². The molecule has 29 heavy (non-hydrogen) atoms. The molecule has 1 atom stereocenters. The number of rotatable bonds is 5. The third kappa shape index (κ3) is 4.76. The van der Waals surface area contributed by atoms with Gasteiger partial charge in [0.1, 0.15) is 5.82 Å². The van der Waals surface area contributed by atoms with E-state index >= 15 is 0 Å². The number of benzene rings is 3. The molecule has 0 aromatic heterocycles. The summed E-state index contributed by atoms with van der Waals surface area (Å²) in [5.41, 5.74) is 3.13. The maximum atomic E-state index is 13.3. The minimum atomic E-state index is -0.231. The molecule has 0 bridgehead atoms. The highest BCUT2D eigenvalue weighted by Crippen LogP contribution is 2.40. The van der Waals surface area contributed by atoms with Gasteiger partial charge in [0.15, 0.2) is 0 Å². The van der Waals surface area contributed by atoms with E-state index in [-0.39, 0.29) is 12.0 Å². The largest absolute Gasteiger partial charge is 0.278 e. The first kappa shape index (κ1) is 20.6. The Morgan fingerprint density at radius 1 is 0.724 bits per heavy atom. The van der Waals surface area contributed by atoms with Gasteiger partial charge in [-0.25, -0.2) is 4.39 Å². The molecule has 6 heteroatoms. The molecule has 0 saturated carbocycles. The Labute approximate surface area is 185 Å². The molecule has 2 nitrogen and oxygen atoms in total. The molecular weight excluding hydrogens is 430 g/mol. The fourth-order valence-electron chi connectivity index (χ4n) is 3.83. The van der Waals surface area contributed by atoms with Gasteiger partial charge in [-0.1, -0.05) is 65.1 Å². The fraction of sp³-hybridized carbons (Fsp3) is 0.217. The van der Waals surface area contributed by atoms with Gasteiger partial charge in [0, 0.05) is 46.8 Å². The molecular formula is C23H20Cl3FN2. The lowest BCUT2D eigenvalue weighted by Gasteiger charge is -2.32. The Morgan fingerprint density at radius 2 is 1.21 bits per heavy atom. The third-order valence-electron chi connectivity index (χ3n) is 5.22. The van der Waals surface area contributed by atoms with Gasteiger partial charge < -0.3 is 0 Å². The molecule has 1 saturated heterocycles. The Morgan fingerprint density at radius 3 is 1.72 bits per heavy atom. The summed E-state index contributed by atoms with van der Waals surface area (Å²) in [5, 5.41) is 2.02. The highest BCUT2D eigenvalue weighted by atomic mass is 35.5. The van der Waals surface area contributed by atoms with Crippen molar-refractivity contribution in [2.24, 2.45) is 0 Å². The van der Waals surface area contributed by atoms with Crippen molar-refractivity contribution < 1.29 is 4.39 Å². The highest BCUT2D eigenvalue weighted by Gasteiger charge is 2.35. The van der Waals surface area contributed by atoms with Crippen LogP contribution in [0.25, 0.3) is 0 Å². The first-order valence-corrected chi connectivity index (χ1v) is 10.6. The van der Waals surface area contributed by atoms with E-state index in [1.165, 1.54) is 17.7 Å². The zero-order chi connectivity index (χ0) is 20.4. The van der Waals surface area contributed by atoms with Crippen LogP contribution in [0.15, 0.2) is 66.7 Å². The lowest BCUT2D eigenvalue weighted by molar-refractivity contribution is 0.126. The predicted octanol–water partition coefficient (Wildman–Crippen LogP) is 6.80. The van der Waals surface area contributed by atoms with Gasteiger partial charge in [-0.2, -0.15) is 0 Å². The van der Waals surface area contributed by atoms with Crippen LogP contribution in [-0.2, 0) is 13.1 Å². The van der Waals surface area contributed by atoms with Crippen LogP contribution in [0.5, 0.6) is 0 Å². The third-order valence-corrected chi connectivity index (χ3v) is 6.13. The van der Waals surface area contributed by atoms with Crippen molar-refractivity contribution in [1.29, 1.82) is 0 Å². The second-order valence-corrected chi connectivity index (χ2v) is 8.45. The molecule has 0 N–H and O–H groups in total. The summed E-state index contributed by atoms with van der Waals surface area (Å²) >= 11 is 19.2. The number of halogens is 4. The molecule has 1 aliphatic rings. The second-order valence-electron chi connectivity index (χ2n) is 7.20. The Balaban J connectivity index is 1.65. The van der Waals surface area contributed by atoms with Gasteiger partial charge in [-0.15, -0.1) is 0 Å². The Bertz CT molecular complexity index is 901. The summed E-state index contributed by atoms with van der Waals surface area (Å²) < 4.78 is 13.3. The van der Waals surface area contributed by atoms with Crippen LogP contribution in [0.3, 0.4) is 0 Å². The molecule has 0 aliphatic carbocycles. The minimum absolute atomic E-state index is 0.0723. The smallest absolute Gasteiger partial charge is 0.123 e. The normalized spacial score (nSPS) is 17.7. The summed E-state index contributed by atoms with van der Waals surface area (Å²) in [6.07, 6.45) is -0.0723. The van der Waals surface area contributed by atoms with E-state index in [4.69, 9.17) is 34.8 Å². The van der Waals surface area contributed by atoms with Crippen molar-refractivity contribution in [1.82, 2.24) is 9.80 Å². The van der Waals surface area contributed by atoms with E-state index in [0.717, 1.165) is 35.8 Å². The average molecular weight is 450 g/mol. The van der Waals surface area contributed by atoms with Crippen LogP contribution in [0.2, 0.25) is 15.1 Å². The molecule has 0 amide bonds. The van der Waals surface area contributed by atoms with Crippen LogP contribution in [0.1, 0.15) is 22.9 Å². The summed E-state index contributed by atoms with van der Waals surface area (Å²) in [4.78, 5) is 4.69. The summed E-state index contributed by atoms with van der Waals surface area (Å²) in [6, 6.07) is 20.1. The van der Waals surface area contributed by atoms with Gasteiger partial charge in [-0.05, 0) is 47.5 Å². The van der Waals surface area contributed by atoms with Gasteiger partial charge in [-0.3, -0.25) is 9.80 Å². The maximum Gasteiger partial charge on any atom is 0.123 e. The van der Waals surface area contributed by atoms with Gasteiger partial charge in [0.2, 0.25) is 0 Å². The quantitative estimate of drug-likeness (QED) is 0.422. The molecule has 1 fully saturated rings. The molecule has 1 aliphatic heterocycles. The van der Waals surface area contributed by atoms with Crippen molar-refractivity contribution in [3.63, 3.8) is 0 Å². The molecule has 150 valence electrons. The predicted molar refractivity (Wildman–Crippen MR) is 118 cm³/mol. The number of nitrogens with zero attached hydrogens (tertiary/aromatic N) is 2. The zero-order valence-corrected chi connectivity index (χ0v) is 17.9. The Kier molecular flexibility index (Phi) is 6.43. The average Bonchev–Trinajstić information content (AvgIpc) is 3.07. The lowest BCUT2D eigenvalue weighted by atomic mass is 10.1. The van der Waals surface area contributed by atoms with Gasteiger partial charge >= 0.3 is 0 Å². The summed E-state index contributed by atoms with van der Waals surface area (Å²) in [7, 11) is 0. The van der Waals surface area contributed by atoms with E-state index in [1.54, 1.807) is 0 Å². The number of hydrogen-bond acceptors (Lipinski definition) is 2. The summed E-state index contributed by atoms with van der Waals surface area (Å²) in [6.45, 7) is 3.17. The first-order valence-electron chi connectivity index (χ1n) is 9.42.